The molecule has 5 heteroatoms. The lowest BCUT2D eigenvalue weighted by Crippen LogP contribution is -2.12. The standard InChI is InChI=1S/C26H26N2O3/c1-16(2)15-30-22-10-8-19(9-11-22)25(29)27-21-7-5-6-20(14-21)26-28-23-12-17(3)18(4)13-24(23)31-26/h5-14,16H,15H2,1-4H3,(H,27,29). The minimum Gasteiger partial charge on any atom is -0.493 e. The van der Waals surface area contributed by atoms with Gasteiger partial charge in [0, 0.05) is 16.8 Å². The number of hydrogen-bond acceptors (Lipinski definition) is 4. The molecule has 4 rings (SSSR count). The first-order valence-electron chi connectivity index (χ1n) is 10.4. The van der Waals surface area contributed by atoms with Gasteiger partial charge in [-0.1, -0.05) is 19.9 Å². The molecule has 0 radical (unpaired) electrons. The highest BCUT2D eigenvalue weighted by Crippen LogP contribution is 2.28. The number of rotatable bonds is 6. The molecule has 0 saturated carbocycles. The Morgan fingerprint density at radius 2 is 1.77 bits per heavy atom. The average Bonchev–Trinajstić information content (AvgIpc) is 3.16. The summed E-state index contributed by atoms with van der Waals surface area (Å²) in [6.07, 6.45) is 0. The largest absolute Gasteiger partial charge is 0.493 e. The molecule has 1 heterocycles. The number of anilines is 1. The van der Waals surface area contributed by atoms with Crippen LogP contribution in [0.1, 0.15) is 35.3 Å². The number of ether oxygens (including phenoxy) is 1. The third-order valence-corrected chi connectivity index (χ3v) is 5.07. The maximum absolute atomic E-state index is 12.7. The second-order valence-electron chi connectivity index (χ2n) is 8.19. The molecule has 0 aliphatic carbocycles. The highest BCUT2D eigenvalue weighted by Gasteiger charge is 2.12. The number of carbonyl (C=O) groups is 1. The summed E-state index contributed by atoms with van der Waals surface area (Å²) in [6.45, 7) is 8.95. The van der Waals surface area contributed by atoms with Crippen molar-refractivity contribution < 1.29 is 13.9 Å². The maximum Gasteiger partial charge on any atom is 0.255 e. The van der Waals surface area contributed by atoms with E-state index in [-0.39, 0.29) is 5.91 Å². The number of aryl methyl sites for hydroxylation is 2. The van der Waals surface area contributed by atoms with Crippen LogP contribution < -0.4 is 10.1 Å². The van der Waals surface area contributed by atoms with Gasteiger partial charge in [0.2, 0.25) is 5.89 Å². The van der Waals surface area contributed by atoms with E-state index in [2.05, 4.69) is 38.0 Å². The zero-order valence-corrected chi connectivity index (χ0v) is 18.2. The number of benzene rings is 3. The van der Waals surface area contributed by atoms with E-state index < -0.39 is 0 Å². The van der Waals surface area contributed by atoms with Crippen LogP contribution in [-0.4, -0.2) is 17.5 Å². The van der Waals surface area contributed by atoms with Crippen molar-refractivity contribution in [3.05, 3.63) is 77.4 Å². The average molecular weight is 415 g/mol. The van der Waals surface area contributed by atoms with Crippen molar-refractivity contribution in [2.24, 2.45) is 5.92 Å². The number of nitrogens with one attached hydrogen (secondary N) is 1. The van der Waals surface area contributed by atoms with Crippen LogP contribution in [0.15, 0.2) is 65.1 Å². The molecule has 158 valence electrons. The second-order valence-corrected chi connectivity index (χ2v) is 8.19. The fraction of sp³-hybridized carbons (Fsp3) is 0.231. The first-order chi connectivity index (χ1) is 14.9. The molecule has 31 heavy (non-hydrogen) atoms. The van der Waals surface area contributed by atoms with E-state index in [0.717, 1.165) is 28.0 Å². The molecule has 1 aromatic heterocycles. The number of aromatic nitrogens is 1. The Kier molecular flexibility index (Phi) is 5.76. The molecule has 0 aliphatic rings. The summed E-state index contributed by atoms with van der Waals surface area (Å²) < 4.78 is 11.6. The molecule has 3 aromatic carbocycles. The van der Waals surface area contributed by atoms with Crippen molar-refractivity contribution in [3.8, 4) is 17.2 Å². The minimum atomic E-state index is -0.184. The zero-order valence-electron chi connectivity index (χ0n) is 18.2. The van der Waals surface area contributed by atoms with E-state index in [4.69, 9.17) is 9.15 Å². The Hall–Kier alpha value is -3.60. The van der Waals surface area contributed by atoms with Crippen molar-refractivity contribution in [3.63, 3.8) is 0 Å². The van der Waals surface area contributed by atoms with Crippen molar-refractivity contribution >= 4 is 22.7 Å². The monoisotopic (exact) mass is 414 g/mol. The molecule has 0 bridgehead atoms. The summed E-state index contributed by atoms with van der Waals surface area (Å²) in [5, 5.41) is 2.94. The summed E-state index contributed by atoms with van der Waals surface area (Å²) in [5.41, 5.74) is 5.97. The Balaban J connectivity index is 1.50. The van der Waals surface area contributed by atoms with E-state index in [9.17, 15) is 4.79 Å². The molecule has 0 fully saturated rings. The Bertz CT molecular complexity index is 1180. The molecule has 0 unspecified atom stereocenters. The number of amides is 1. The molecule has 0 saturated heterocycles. The summed E-state index contributed by atoms with van der Waals surface area (Å²) >= 11 is 0. The molecule has 1 N–H and O–H groups in total. The van der Waals surface area contributed by atoms with Crippen LogP contribution >= 0.6 is 0 Å². The molecular formula is C26H26N2O3. The molecule has 1 amide bonds. The number of oxazole rings is 1. The van der Waals surface area contributed by atoms with E-state index in [1.54, 1.807) is 12.1 Å². The molecule has 0 aliphatic heterocycles. The van der Waals surface area contributed by atoms with Gasteiger partial charge in [-0.3, -0.25) is 4.79 Å². The molecule has 0 atom stereocenters. The van der Waals surface area contributed by atoms with Gasteiger partial charge in [0.25, 0.3) is 5.91 Å². The first-order valence-corrected chi connectivity index (χ1v) is 10.4. The minimum absolute atomic E-state index is 0.184. The number of carbonyl (C=O) groups excluding carboxylic acids is 1. The van der Waals surface area contributed by atoms with E-state index in [1.165, 1.54) is 5.56 Å². The van der Waals surface area contributed by atoms with Crippen LogP contribution in [-0.2, 0) is 0 Å². The lowest BCUT2D eigenvalue weighted by atomic mass is 10.1. The molecule has 5 nitrogen and oxygen atoms in total. The van der Waals surface area contributed by atoms with Gasteiger partial charge < -0.3 is 14.5 Å². The van der Waals surface area contributed by atoms with Crippen molar-refractivity contribution in [1.29, 1.82) is 0 Å². The number of fused-ring (bicyclic) bond motifs is 1. The van der Waals surface area contributed by atoms with Gasteiger partial charge in [0.15, 0.2) is 5.58 Å². The first kappa shape index (κ1) is 20.7. The van der Waals surface area contributed by atoms with Gasteiger partial charge >= 0.3 is 0 Å². The fourth-order valence-corrected chi connectivity index (χ4v) is 3.20. The van der Waals surface area contributed by atoms with Gasteiger partial charge in [-0.25, -0.2) is 4.98 Å². The molecule has 4 aromatic rings. The summed E-state index contributed by atoms with van der Waals surface area (Å²) in [6, 6.07) is 18.7. The molecular weight excluding hydrogens is 388 g/mol. The topological polar surface area (TPSA) is 64.4 Å². The quantitative estimate of drug-likeness (QED) is 0.396. The van der Waals surface area contributed by atoms with E-state index >= 15 is 0 Å². The van der Waals surface area contributed by atoms with Crippen LogP contribution in [0.4, 0.5) is 5.69 Å². The lowest BCUT2D eigenvalue weighted by Gasteiger charge is -2.10. The van der Waals surface area contributed by atoms with Crippen LogP contribution in [0.3, 0.4) is 0 Å². The Morgan fingerprint density at radius 1 is 1.03 bits per heavy atom. The van der Waals surface area contributed by atoms with E-state index in [0.29, 0.717) is 29.7 Å². The predicted molar refractivity (Wildman–Crippen MR) is 124 cm³/mol. The van der Waals surface area contributed by atoms with Crippen molar-refractivity contribution in [1.82, 2.24) is 4.98 Å². The highest BCUT2D eigenvalue weighted by molar-refractivity contribution is 6.04. The van der Waals surface area contributed by atoms with Gasteiger partial charge in [-0.15, -0.1) is 0 Å². The third-order valence-electron chi connectivity index (χ3n) is 5.07. The summed E-state index contributed by atoms with van der Waals surface area (Å²) in [7, 11) is 0. The smallest absolute Gasteiger partial charge is 0.255 e. The van der Waals surface area contributed by atoms with Gasteiger partial charge in [-0.2, -0.15) is 0 Å². The van der Waals surface area contributed by atoms with Crippen LogP contribution in [0.2, 0.25) is 0 Å². The highest BCUT2D eigenvalue weighted by atomic mass is 16.5. The van der Waals surface area contributed by atoms with Crippen LogP contribution in [0.5, 0.6) is 5.75 Å². The van der Waals surface area contributed by atoms with Gasteiger partial charge in [0.1, 0.15) is 11.3 Å². The van der Waals surface area contributed by atoms with Crippen LogP contribution in [0.25, 0.3) is 22.6 Å². The summed E-state index contributed by atoms with van der Waals surface area (Å²) in [5.74, 6) is 1.55. The number of nitrogens with zero attached hydrogens (tertiary/aromatic N) is 1. The van der Waals surface area contributed by atoms with Crippen molar-refractivity contribution in [2.45, 2.75) is 27.7 Å². The van der Waals surface area contributed by atoms with Gasteiger partial charge in [0.05, 0.1) is 6.61 Å². The Morgan fingerprint density at radius 3 is 2.52 bits per heavy atom. The van der Waals surface area contributed by atoms with Gasteiger partial charge in [-0.05, 0) is 85.5 Å². The second kappa shape index (κ2) is 8.64. The maximum atomic E-state index is 12.7. The van der Waals surface area contributed by atoms with E-state index in [1.807, 2.05) is 48.5 Å². The fourth-order valence-electron chi connectivity index (χ4n) is 3.20. The predicted octanol–water partition coefficient (Wildman–Crippen LogP) is 6.40. The summed E-state index contributed by atoms with van der Waals surface area (Å²) in [4.78, 5) is 17.3. The number of hydrogen-bond donors (Lipinski definition) is 1. The normalized spacial score (nSPS) is 11.1. The SMILES string of the molecule is Cc1cc2nc(-c3cccc(NC(=O)c4ccc(OCC(C)C)cc4)c3)oc2cc1C. The lowest BCUT2D eigenvalue weighted by molar-refractivity contribution is 0.102. The van der Waals surface area contributed by atoms with Crippen molar-refractivity contribution in [2.75, 3.05) is 11.9 Å². The van der Waals surface area contributed by atoms with Crippen LogP contribution in [0, 0.1) is 19.8 Å². The molecule has 0 spiro atoms. The Labute approximate surface area is 182 Å². The third kappa shape index (κ3) is 4.77. The zero-order chi connectivity index (χ0) is 22.0.